The maximum atomic E-state index is 6.19. The van der Waals surface area contributed by atoms with Crippen molar-refractivity contribution >= 4 is 23.2 Å². The zero-order valence-corrected chi connectivity index (χ0v) is 12.9. The van der Waals surface area contributed by atoms with E-state index in [-0.39, 0.29) is 12.0 Å². The Morgan fingerprint density at radius 2 is 1.63 bits per heavy atom. The number of hydrogen-bond acceptors (Lipinski definition) is 3. The minimum Gasteiger partial charge on any atom is -0.270 e. The molecule has 0 unspecified atom stereocenters. The highest BCUT2D eigenvalue weighted by Gasteiger charge is 2.16. The Bertz CT molecular complexity index is 567. The highest BCUT2D eigenvalue weighted by Crippen LogP contribution is 2.31. The molecule has 4 nitrogen and oxygen atoms in total. The predicted molar refractivity (Wildman–Crippen MR) is 77.7 cm³/mol. The summed E-state index contributed by atoms with van der Waals surface area (Å²) in [4.78, 5) is 8.63. The van der Waals surface area contributed by atoms with E-state index < -0.39 is 0 Å². The summed E-state index contributed by atoms with van der Waals surface area (Å²) in [6, 6.07) is 0.287. The molecule has 0 saturated carbocycles. The third-order valence-electron chi connectivity index (χ3n) is 2.82. The van der Waals surface area contributed by atoms with Crippen LogP contribution in [0.2, 0.25) is 10.3 Å². The van der Waals surface area contributed by atoms with Gasteiger partial charge < -0.3 is 0 Å². The molecule has 2 heterocycles. The van der Waals surface area contributed by atoms with E-state index in [1.54, 1.807) is 6.20 Å². The molecular formula is C13H16Cl2N4. The molecule has 0 bridgehead atoms. The van der Waals surface area contributed by atoms with E-state index in [0.717, 1.165) is 11.1 Å². The van der Waals surface area contributed by atoms with E-state index in [4.69, 9.17) is 23.2 Å². The van der Waals surface area contributed by atoms with E-state index >= 15 is 0 Å². The van der Waals surface area contributed by atoms with Gasteiger partial charge in [-0.2, -0.15) is 5.10 Å². The van der Waals surface area contributed by atoms with Crippen molar-refractivity contribution in [3.05, 3.63) is 28.3 Å². The van der Waals surface area contributed by atoms with Crippen LogP contribution in [-0.4, -0.2) is 19.7 Å². The van der Waals surface area contributed by atoms with E-state index in [1.807, 2.05) is 24.7 Å². The van der Waals surface area contributed by atoms with Crippen LogP contribution in [0.3, 0.4) is 0 Å². The van der Waals surface area contributed by atoms with Gasteiger partial charge in [0, 0.05) is 17.8 Å². The van der Waals surface area contributed by atoms with E-state index in [9.17, 15) is 0 Å². The lowest BCUT2D eigenvalue weighted by Gasteiger charge is -2.10. The average molecular weight is 299 g/mol. The first-order chi connectivity index (χ1) is 8.90. The molecule has 0 saturated heterocycles. The van der Waals surface area contributed by atoms with Gasteiger partial charge in [-0.25, -0.2) is 9.97 Å². The van der Waals surface area contributed by atoms with Gasteiger partial charge in [-0.15, -0.1) is 0 Å². The topological polar surface area (TPSA) is 43.6 Å². The fourth-order valence-electron chi connectivity index (χ4n) is 1.76. The van der Waals surface area contributed by atoms with Crippen molar-refractivity contribution in [2.45, 2.75) is 39.7 Å². The van der Waals surface area contributed by atoms with Gasteiger partial charge in [-0.05, 0) is 19.8 Å². The molecule has 0 aliphatic rings. The van der Waals surface area contributed by atoms with Crippen LogP contribution < -0.4 is 0 Å². The second-order valence-corrected chi connectivity index (χ2v) is 5.72. The summed E-state index contributed by atoms with van der Waals surface area (Å²) in [6.45, 7) is 8.12. The first-order valence-corrected chi connectivity index (χ1v) is 6.93. The first kappa shape index (κ1) is 14.3. The molecule has 19 heavy (non-hydrogen) atoms. The highest BCUT2D eigenvalue weighted by atomic mass is 35.5. The van der Waals surface area contributed by atoms with Crippen LogP contribution in [0.5, 0.6) is 0 Å². The van der Waals surface area contributed by atoms with Crippen LogP contribution in [0.15, 0.2) is 12.4 Å². The van der Waals surface area contributed by atoms with Crippen LogP contribution in [0.25, 0.3) is 11.4 Å². The van der Waals surface area contributed by atoms with Crippen LogP contribution >= 0.6 is 23.2 Å². The van der Waals surface area contributed by atoms with Crippen LogP contribution in [0.4, 0.5) is 0 Å². The summed E-state index contributed by atoms with van der Waals surface area (Å²) in [7, 11) is 0. The number of hydrogen-bond donors (Lipinski definition) is 0. The molecule has 0 amide bonds. The number of aromatic nitrogens is 4. The second-order valence-electron chi connectivity index (χ2n) is 5.00. The predicted octanol–water partition coefficient (Wildman–Crippen LogP) is 4.35. The number of rotatable bonds is 3. The Labute approximate surface area is 122 Å². The van der Waals surface area contributed by atoms with Gasteiger partial charge in [-0.3, -0.25) is 4.68 Å². The fraction of sp³-hybridized carbons (Fsp3) is 0.462. The van der Waals surface area contributed by atoms with Gasteiger partial charge >= 0.3 is 0 Å². The van der Waals surface area contributed by atoms with Crippen molar-refractivity contribution in [1.29, 1.82) is 0 Å². The molecule has 0 aliphatic heterocycles. The van der Waals surface area contributed by atoms with Crippen LogP contribution in [0.1, 0.15) is 45.2 Å². The number of halogens is 2. The van der Waals surface area contributed by atoms with Crippen LogP contribution in [-0.2, 0) is 0 Å². The Morgan fingerprint density at radius 3 is 2.05 bits per heavy atom. The maximum absolute atomic E-state index is 6.19. The molecule has 6 heteroatoms. The van der Waals surface area contributed by atoms with E-state index in [0.29, 0.717) is 16.1 Å². The molecule has 0 spiro atoms. The van der Waals surface area contributed by atoms with E-state index in [1.165, 1.54) is 0 Å². The fourth-order valence-corrected chi connectivity index (χ4v) is 2.58. The normalized spacial score (nSPS) is 11.6. The summed E-state index contributed by atoms with van der Waals surface area (Å²) in [6.07, 6.45) is 3.61. The Morgan fingerprint density at radius 1 is 1.05 bits per heavy atom. The zero-order valence-electron chi connectivity index (χ0n) is 11.4. The van der Waals surface area contributed by atoms with Gasteiger partial charge in [0.1, 0.15) is 10.3 Å². The number of nitrogens with zero attached hydrogens (tertiary/aromatic N) is 4. The Balaban J connectivity index is 2.46. The van der Waals surface area contributed by atoms with Gasteiger partial charge in [0.2, 0.25) is 0 Å². The minimum atomic E-state index is 0.187. The van der Waals surface area contributed by atoms with Crippen molar-refractivity contribution in [2.24, 2.45) is 0 Å². The van der Waals surface area contributed by atoms with E-state index in [2.05, 4.69) is 28.9 Å². The minimum absolute atomic E-state index is 0.187. The third kappa shape index (κ3) is 2.90. The monoisotopic (exact) mass is 298 g/mol. The van der Waals surface area contributed by atoms with Gasteiger partial charge in [-0.1, -0.05) is 37.0 Å². The van der Waals surface area contributed by atoms with Gasteiger partial charge in [0.25, 0.3) is 0 Å². The molecule has 2 rings (SSSR count). The molecule has 0 N–H and O–H groups in total. The van der Waals surface area contributed by atoms with Crippen LogP contribution in [0, 0.1) is 0 Å². The van der Waals surface area contributed by atoms with Crippen molar-refractivity contribution in [2.75, 3.05) is 0 Å². The molecule has 2 aromatic rings. The summed E-state index contributed by atoms with van der Waals surface area (Å²) in [5.41, 5.74) is 1.59. The SMILES string of the molecule is CC(C)c1c(Cl)nc(-c2cnn(C(C)C)c2)nc1Cl. The largest absolute Gasteiger partial charge is 0.270 e. The second kappa shape index (κ2) is 5.47. The summed E-state index contributed by atoms with van der Waals surface area (Å²) >= 11 is 12.4. The molecule has 0 fully saturated rings. The van der Waals surface area contributed by atoms with Crippen molar-refractivity contribution in [1.82, 2.24) is 19.7 Å². The van der Waals surface area contributed by atoms with Crippen molar-refractivity contribution < 1.29 is 0 Å². The Hall–Kier alpha value is -1.13. The summed E-state index contributed by atoms with van der Waals surface area (Å²) < 4.78 is 1.84. The lowest BCUT2D eigenvalue weighted by molar-refractivity contribution is 0.532. The molecule has 0 atom stereocenters. The smallest absolute Gasteiger partial charge is 0.165 e. The van der Waals surface area contributed by atoms with Crippen molar-refractivity contribution in [3.63, 3.8) is 0 Å². The standard InChI is InChI=1S/C13H16Cl2N4/c1-7(2)10-11(14)17-13(18-12(10)15)9-5-16-19(6-9)8(3)4/h5-8H,1-4H3. The lowest BCUT2D eigenvalue weighted by Crippen LogP contribution is -2.00. The molecule has 2 aromatic heterocycles. The molecule has 0 radical (unpaired) electrons. The molecule has 0 aliphatic carbocycles. The van der Waals surface area contributed by atoms with Gasteiger partial charge in [0.15, 0.2) is 5.82 Å². The highest BCUT2D eigenvalue weighted by molar-refractivity contribution is 6.34. The molecular weight excluding hydrogens is 283 g/mol. The third-order valence-corrected chi connectivity index (χ3v) is 3.39. The van der Waals surface area contributed by atoms with Crippen molar-refractivity contribution in [3.8, 4) is 11.4 Å². The molecule has 102 valence electrons. The van der Waals surface area contributed by atoms with Gasteiger partial charge in [0.05, 0.1) is 11.8 Å². The zero-order chi connectivity index (χ0) is 14.2. The maximum Gasteiger partial charge on any atom is 0.165 e. The molecule has 0 aromatic carbocycles. The summed E-state index contributed by atoms with van der Waals surface area (Å²) in [5.74, 6) is 0.693. The first-order valence-electron chi connectivity index (χ1n) is 6.17. The quantitative estimate of drug-likeness (QED) is 0.791. The lowest BCUT2D eigenvalue weighted by atomic mass is 10.1. The average Bonchev–Trinajstić information content (AvgIpc) is 2.76. The Kier molecular flexibility index (Phi) is 4.11. The summed E-state index contributed by atoms with van der Waals surface area (Å²) in [5, 5.41) is 5.07.